The Bertz CT molecular complexity index is 718. The van der Waals surface area contributed by atoms with Crippen molar-refractivity contribution in [3.05, 3.63) is 42.0 Å². The van der Waals surface area contributed by atoms with Crippen LogP contribution in [0.15, 0.2) is 36.4 Å². The first-order valence-corrected chi connectivity index (χ1v) is 8.34. The lowest BCUT2D eigenvalue weighted by Gasteiger charge is -2.34. The molecule has 0 fully saturated rings. The largest absolute Gasteiger partial charge is 0.481 e. The molecule has 2 rings (SSSR count). The van der Waals surface area contributed by atoms with E-state index in [1.165, 1.54) is 0 Å². The number of carbonyl (C=O) groups excluding carboxylic acids is 1. The average Bonchev–Trinajstić information content (AvgIpc) is 2.56. The molecule has 2 aromatic carbocycles. The summed E-state index contributed by atoms with van der Waals surface area (Å²) in [6.07, 6.45) is 0.0984. The standard InChI is InChI=1S/C20H27NO3/c1-6-18(19(23)21(5)20(2,3)4)24-17-10-9-15-8-7-14(13-22)11-16(15)12-17/h7-12,18,22H,6,13H2,1-5H3. The summed E-state index contributed by atoms with van der Waals surface area (Å²) in [6.45, 7) is 7.97. The van der Waals surface area contributed by atoms with Crippen molar-refractivity contribution in [3.63, 3.8) is 0 Å². The van der Waals surface area contributed by atoms with Crippen LogP contribution < -0.4 is 4.74 Å². The zero-order chi connectivity index (χ0) is 17.9. The van der Waals surface area contributed by atoms with Crippen LogP contribution in [0.5, 0.6) is 5.75 Å². The summed E-state index contributed by atoms with van der Waals surface area (Å²) < 4.78 is 5.97. The van der Waals surface area contributed by atoms with Crippen molar-refractivity contribution in [2.45, 2.75) is 52.4 Å². The average molecular weight is 329 g/mol. The summed E-state index contributed by atoms with van der Waals surface area (Å²) >= 11 is 0. The van der Waals surface area contributed by atoms with E-state index < -0.39 is 6.10 Å². The van der Waals surface area contributed by atoms with E-state index in [1.54, 1.807) is 4.90 Å². The second-order valence-electron chi connectivity index (χ2n) is 7.08. The molecule has 0 bridgehead atoms. The van der Waals surface area contributed by atoms with Crippen molar-refractivity contribution in [1.82, 2.24) is 4.90 Å². The first kappa shape index (κ1) is 18.3. The lowest BCUT2D eigenvalue weighted by Crippen LogP contribution is -2.48. The lowest BCUT2D eigenvalue weighted by molar-refractivity contribution is -0.141. The Morgan fingerprint density at radius 3 is 2.42 bits per heavy atom. The number of hydrogen-bond acceptors (Lipinski definition) is 3. The van der Waals surface area contributed by atoms with Crippen LogP contribution in [0.25, 0.3) is 10.8 Å². The van der Waals surface area contributed by atoms with Gasteiger partial charge in [-0.3, -0.25) is 4.79 Å². The molecule has 0 heterocycles. The normalized spacial score (nSPS) is 12.9. The predicted octanol–water partition coefficient (Wildman–Crippen LogP) is 3.75. The van der Waals surface area contributed by atoms with Crippen molar-refractivity contribution in [3.8, 4) is 5.75 Å². The number of benzene rings is 2. The summed E-state index contributed by atoms with van der Waals surface area (Å²) in [7, 11) is 1.81. The fourth-order valence-electron chi connectivity index (χ4n) is 2.47. The smallest absolute Gasteiger partial charge is 0.263 e. The SMILES string of the molecule is CCC(Oc1ccc2ccc(CO)cc2c1)C(=O)N(C)C(C)(C)C. The number of hydrogen-bond donors (Lipinski definition) is 1. The Morgan fingerprint density at radius 1 is 1.17 bits per heavy atom. The molecule has 1 unspecified atom stereocenters. The van der Waals surface area contributed by atoms with Crippen molar-refractivity contribution < 1.29 is 14.6 Å². The quantitative estimate of drug-likeness (QED) is 0.909. The molecular formula is C20H27NO3. The highest BCUT2D eigenvalue weighted by molar-refractivity contribution is 5.85. The number of carbonyl (C=O) groups is 1. The van der Waals surface area contributed by atoms with Crippen LogP contribution >= 0.6 is 0 Å². The molecular weight excluding hydrogens is 302 g/mol. The maximum absolute atomic E-state index is 12.7. The van der Waals surface area contributed by atoms with Crippen LogP contribution in [0, 0.1) is 0 Å². The minimum atomic E-state index is -0.507. The van der Waals surface area contributed by atoms with E-state index >= 15 is 0 Å². The summed E-state index contributed by atoms with van der Waals surface area (Å²) in [6, 6.07) is 11.6. The van der Waals surface area contributed by atoms with Gasteiger partial charge in [0.1, 0.15) is 5.75 Å². The second kappa shape index (κ2) is 7.22. The van der Waals surface area contributed by atoms with E-state index in [-0.39, 0.29) is 18.1 Å². The predicted molar refractivity (Wildman–Crippen MR) is 97.1 cm³/mol. The molecule has 0 saturated heterocycles. The molecule has 1 amide bonds. The highest BCUT2D eigenvalue weighted by atomic mass is 16.5. The monoisotopic (exact) mass is 329 g/mol. The summed E-state index contributed by atoms with van der Waals surface area (Å²) in [5, 5.41) is 11.3. The van der Waals surface area contributed by atoms with Gasteiger partial charge in [0.2, 0.25) is 0 Å². The minimum absolute atomic E-state index is 0.00741. The Hall–Kier alpha value is -2.07. The van der Waals surface area contributed by atoms with E-state index in [0.717, 1.165) is 16.3 Å². The molecule has 0 radical (unpaired) electrons. The minimum Gasteiger partial charge on any atom is -0.481 e. The van der Waals surface area contributed by atoms with Gasteiger partial charge in [0.05, 0.1) is 6.61 Å². The third-order valence-corrected chi connectivity index (χ3v) is 4.32. The third-order valence-electron chi connectivity index (χ3n) is 4.32. The Labute approximate surface area is 144 Å². The second-order valence-corrected chi connectivity index (χ2v) is 7.08. The molecule has 0 aromatic heterocycles. The van der Waals surface area contributed by atoms with Gasteiger partial charge >= 0.3 is 0 Å². The zero-order valence-electron chi connectivity index (χ0n) is 15.2. The highest BCUT2D eigenvalue weighted by Crippen LogP contribution is 2.24. The molecule has 0 aliphatic rings. The van der Waals surface area contributed by atoms with Crippen molar-refractivity contribution in [2.75, 3.05) is 7.05 Å². The van der Waals surface area contributed by atoms with Gasteiger partial charge in [-0.25, -0.2) is 0 Å². The molecule has 0 aliphatic heterocycles. The van der Waals surface area contributed by atoms with Crippen molar-refractivity contribution in [1.29, 1.82) is 0 Å². The molecule has 4 heteroatoms. The van der Waals surface area contributed by atoms with E-state index in [2.05, 4.69) is 0 Å². The van der Waals surface area contributed by atoms with Crippen LogP contribution in [0.1, 0.15) is 39.7 Å². The third kappa shape index (κ3) is 4.06. The van der Waals surface area contributed by atoms with Crippen LogP contribution in [-0.2, 0) is 11.4 Å². The molecule has 0 aliphatic carbocycles. The number of rotatable bonds is 5. The van der Waals surface area contributed by atoms with Gasteiger partial charge in [-0.15, -0.1) is 0 Å². The van der Waals surface area contributed by atoms with Gasteiger partial charge in [0, 0.05) is 12.6 Å². The molecule has 0 spiro atoms. The molecule has 0 saturated carbocycles. The summed E-state index contributed by atoms with van der Waals surface area (Å²) in [5.74, 6) is 0.648. The topological polar surface area (TPSA) is 49.8 Å². The maximum atomic E-state index is 12.7. The Kier molecular flexibility index (Phi) is 5.50. The highest BCUT2D eigenvalue weighted by Gasteiger charge is 2.29. The van der Waals surface area contributed by atoms with E-state index in [9.17, 15) is 9.90 Å². The zero-order valence-corrected chi connectivity index (χ0v) is 15.2. The van der Waals surface area contributed by atoms with Gasteiger partial charge in [-0.1, -0.05) is 25.1 Å². The van der Waals surface area contributed by atoms with Gasteiger partial charge in [0.15, 0.2) is 6.10 Å². The number of ether oxygens (including phenoxy) is 1. The Balaban J connectivity index is 2.24. The first-order valence-electron chi connectivity index (χ1n) is 8.34. The number of nitrogens with zero attached hydrogens (tertiary/aromatic N) is 1. The number of likely N-dealkylation sites (N-methyl/N-ethyl adjacent to an activating group) is 1. The molecule has 24 heavy (non-hydrogen) atoms. The summed E-state index contributed by atoms with van der Waals surface area (Å²) in [4.78, 5) is 14.4. The van der Waals surface area contributed by atoms with Gasteiger partial charge in [-0.05, 0) is 61.7 Å². The van der Waals surface area contributed by atoms with Crippen molar-refractivity contribution in [2.24, 2.45) is 0 Å². The molecule has 1 atom stereocenters. The maximum Gasteiger partial charge on any atom is 0.263 e. The van der Waals surface area contributed by atoms with Crippen molar-refractivity contribution >= 4 is 16.7 Å². The van der Waals surface area contributed by atoms with Crippen LogP contribution in [0.2, 0.25) is 0 Å². The van der Waals surface area contributed by atoms with Crippen LogP contribution in [0.4, 0.5) is 0 Å². The van der Waals surface area contributed by atoms with E-state index in [1.807, 2.05) is 71.1 Å². The fourth-order valence-corrected chi connectivity index (χ4v) is 2.47. The molecule has 2 aromatic rings. The number of fused-ring (bicyclic) bond motifs is 1. The fraction of sp³-hybridized carbons (Fsp3) is 0.450. The van der Waals surface area contributed by atoms with Gasteiger partial charge in [-0.2, -0.15) is 0 Å². The number of amides is 1. The van der Waals surface area contributed by atoms with Crippen LogP contribution in [0.3, 0.4) is 0 Å². The first-order chi connectivity index (χ1) is 11.3. The number of aliphatic hydroxyl groups is 1. The van der Waals surface area contributed by atoms with E-state index in [4.69, 9.17) is 4.74 Å². The van der Waals surface area contributed by atoms with Crippen LogP contribution in [-0.4, -0.2) is 34.6 Å². The molecule has 130 valence electrons. The Morgan fingerprint density at radius 2 is 1.83 bits per heavy atom. The van der Waals surface area contributed by atoms with Gasteiger partial charge < -0.3 is 14.7 Å². The molecule has 1 N–H and O–H groups in total. The lowest BCUT2D eigenvalue weighted by atomic mass is 10.1. The summed E-state index contributed by atoms with van der Waals surface area (Å²) in [5.41, 5.74) is 0.614. The van der Waals surface area contributed by atoms with Gasteiger partial charge in [0.25, 0.3) is 5.91 Å². The molecule has 4 nitrogen and oxygen atoms in total. The number of aliphatic hydroxyl groups excluding tert-OH is 1. The van der Waals surface area contributed by atoms with E-state index in [0.29, 0.717) is 12.2 Å².